The molecule has 0 saturated carbocycles. The molecule has 1 rings (SSSR count). The monoisotopic (exact) mass is 212 g/mol. The Bertz CT molecular complexity index is 182. The molecular formula is C12H24N2O. The molecule has 0 aromatic heterocycles. The Labute approximate surface area is 93.4 Å². The van der Waals surface area contributed by atoms with Crippen molar-refractivity contribution in [3.8, 4) is 0 Å². The molecule has 0 aromatic rings. The van der Waals surface area contributed by atoms with Crippen LogP contribution in [-0.2, 0) is 4.79 Å². The van der Waals surface area contributed by atoms with Crippen LogP contribution in [0, 0.1) is 0 Å². The van der Waals surface area contributed by atoms with Gasteiger partial charge in [0.15, 0.2) is 0 Å². The summed E-state index contributed by atoms with van der Waals surface area (Å²) in [6, 6.07) is 0. The number of nitrogens with zero attached hydrogens (tertiary/aromatic N) is 2. The van der Waals surface area contributed by atoms with Crippen LogP contribution >= 0.6 is 0 Å². The summed E-state index contributed by atoms with van der Waals surface area (Å²) in [6.45, 7) is 8.95. The molecule has 0 atom stereocenters. The predicted octanol–water partition coefficient (Wildman–Crippen LogP) is 1.73. The maximum Gasteiger partial charge on any atom is 0.236 e. The van der Waals surface area contributed by atoms with Crippen LogP contribution in [0.25, 0.3) is 0 Å². The summed E-state index contributed by atoms with van der Waals surface area (Å²) in [4.78, 5) is 16.3. The normalized spacial score (nSPS) is 16.9. The molecule has 1 saturated heterocycles. The van der Waals surface area contributed by atoms with Gasteiger partial charge in [-0.2, -0.15) is 0 Å². The van der Waals surface area contributed by atoms with Crippen molar-refractivity contribution in [2.24, 2.45) is 0 Å². The van der Waals surface area contributed by atoms with Gasteiger partial charge >= 0.3 is 0 Å². The Kier molecular flexibility index (Phi) is 5.69. The van der Waals surface area contributed by atoms with Crippen molar-refractivity contribution in [1.82, 2.24) is 9.80 Å². The van der Waals surface area contributed by atoms with E-state index >= 15 is 0 Å². The maximum absolute atomic E-state index is 12.0. The zero-order valence-electron chi connectivity index (χ0n) is 10.2. The van der Waals surface area contributed by atoms with Gasteiger partial charge in [0.05, 0.1) is 6.54 Å². The Balaban J connectivity index is 2.33. The van der Waals surface area contributed by atoms with E-state index in [2.05, 4.69) is 18.7 Å². The van der Waals surface area contributed by atoms with Crippen LogP contribution in [0.2, 0.25) is 0 Å². The molecule has 0 aromatic carbocycles. The fraction of sp³-hybridized carbons (Fsp3) is 0.917. The van der Waals surface area contributed by atoms with Crippen LogP contribution in [0.5, 0.6) is 0 Å². The van der Waals surface area contributed by atoms with Gasteiger partial charge in [0.1, 0.15) is 0 Å². The molecule has 0 radical (unpaired) electrons. The highest BCUT2D eigenvalue weighted by molar-refractivity contribution is 5.78. The van der Waals surface area contributed by atoms with Crippen molar-refractivity contribution in [2.45, 2.75) is 39.5 Å². The van der Waals surface area contributed by atoms with Gasteiger partial charge in [-0.3, -0.25) is 9.69 Å². The first kappa shape index (κ1) is 12.5. The minimum atomic E-state index is 0.320. The first-order valence-electron chi connectivity index (χ1n) is 6.28. The molecule has 0 bridgehead atoms. The van der Waals surface area contributed by atoms with E-state index in [0.29, 0.717) is 12.5 Å². The molecule has 3 nitrogen and oxygen atoms in total. The summed E-state index contributed by atoms with van der Waals surface area (Å²) in [5.41, 5.74) is 0. The molecule has 88 valence electrons. The maximum atomic E-state index is 12.0. The molecule has 1 aliphatic heterocycles. The molecule has 1 amide bonds. The third kappa shape index (κ3) is 4.20. The molecule has 0 unspecified atom stereocenters. The second-order valence-corrected chi connectivity index (χ2v) is 4.36. The van der Waals surface area contributed by atoms with Crippen molar-refractivity contribution in [2.75, 3.05) is 32.7 Å². The summed E-state index contributed by atoms with van der Waals surface area (Å²) in [6.07, 6.45) is 4.64. The molecule has 0 spiro atoms. The van der Waals surface area contributed by atoms with E-state index in [1.807, 2.05) is 4.90 Å². The predicted molar refractivity (Wildman–Crippen MR) is 62.8 cm³/mol. The van der Waals surface area contributed by atoms with Crippen LogP contribution < -0.4 is 0 Å². The highest BCUT2D eigenvalue weighted by atomic mass is 16.2. The van der Waals surface area contributed by atoms with E-state index in [4.69, 9.17) is 0 Å². The quantitative estimate of drug-likeness (QED) is 0.669. The van der Waals surface area contributed by atoms with Gasteiger partial charge < -0.3 is 4.90 Å². The van der Waals surface area contributed by atoms with Crippen molar-refractivity contribution >= 4 is 5.91 Å². The van der Waals surface area contributed by atoms with E-state index in [0.717, 1.165) is 39.0 Å². The van der Waals surface area contributed by atoms with Crippen LogP contribution in [0.1, 0.15) is 39.5 Å². The van der Waals surface area contributed by atoms with E-state index in [1.54, 1.807) is 0 Å². The first-order valence-corrected chi connectivity index (χ1v) is 6.28. The van der Waals surface area contributed by atoms with Crippen LogP contribution in [0.4, 0.5) is 0 Å². The molecule has 1 aliphatic rings. The average Bonchev–Trinajstić information content (AvgIpc) is 2.70. The van der Waals surface area contributed by atoms with Gasteiger partial charge in [0.2, 0.25) is 5.91 Å². The van der Waals surface area contributed by atoms with E-state index in [1.165, 1.54) is 12.8 Å². The van der Waals surface area contributed by atoms with Crippen LogP contribution in [0.3, 0.4) is 0 Å². The first-order chi connectivity index (χ1) is 7.27. The summed E-state index contributed by atoms with van der Waals surface area (Å²) in [5.74, 6) is 0.320. The zero-order chi connectivity index (χ0) is 11.1. The fourth-order valence-corrected chi connectivity index (χ4v) is 2.13. The average molecular weight is 212 g/mol. The molecule has 3 heteroatoms. The highest BCUT2D eigenvalue weighted by Gasteiger charge is 2.18. The standard InChI is InChI=1S/C12H24N2O/c1-3-7-14(8-4-2)12(15)11-13-9-5-6-10-13/h3-11H2,1-2H3. The number of hydrogen-bond donors (Lipinski definition) is 0. The Morgan fingerprint density at radius 1 is 1.13 bits per heavy atom. The smallest absolute Gasteiger partial charge is 0.236 e. The van der Waals surface area contributed by atoms with Gasteiger partial charge in [-0.25, -0.2) is 0 Å². The number of likely N-dealkylation sites (tertiary alicyclic amines) is 1. The Hall–Kier alpha value is -0.570. The van der Waals surface area contributed by atoms with Gasteiger partial charge in [-0.15, -0.1) is 0 Å². The Morgan fingerprint density at radius 3 is 2.13 bits per heavy atom. The fourth-order valence-electron chi connectivity index (χ4n) is 2.13. The lowest BCUT2D eigenvalue weighted by Gasteiger charge is -2.24. The molecule has 1 fully saturated rings. The van der Waals surface area contributed by atoms with Crippen LogP contribution in [0.15, 0.2) is 0 Å². The molecule has 0 aliphatic carbocycles. The SMILES string of the molecule is CCCN(CCC)C(=O)CN1CCCC1. The Morgan fingerprint density at radius 2 is 1.67 bits per heavy atom. The van der Waals surface area contributed by atoms with E-state index < -0.39 is 0 Å². The number of carbonyl (C=O) groups is 1. The summed E-state index contributed by atoms with van der Waals surface area (Å²) in [7, 11) is 0. The van der Waals surface area contributed by atoms with Crippen molar-refractivity contribution in [3.63, 3.8) is 0 Å². The lowest BCUT2D eigenvalue weighted by molar-refractivity contribution is -0.132. The van der Waals surface area contributed by atoms with Crippen molar-refractivity contribution in [1.29, 1.82) is 0 Å². The van der Waals surface area contributed by atoms with Crippen molar-refractivity contribution < 1.29 is 4.79 Å². The van der Waals surface area contributed by atoms with Gasteiger partial charge in [-0.1, -0.05) is 13.8 Å². The molecule has 1 heterocycles. The summed E-state index contributed by atoms with van der Waals surface area (Å²) >= 11 is 0. The molecule has 0 N–H and O–H groups in total. The van der Waals surface area contributed by atoms with E-state index in [9.17, 15) is 4.79 Å². The number of rotatable bonds is 6. The number of amides is 1. The van der Waals surface area contributed by atoms with Crippen molar-refractivity contribution in [3.05, 3.63) is 0 Å². The van der Waals surface area contributed by atoms with Gasteiger partial charge in [0, 0.05) is 13.1 Å². The zero-order valence-corrected chi connectivity index (χ0v) is 10.2. The summed E-state index contributed by atoms with van der Waals surface area (Å²) < 4.78 is 0. The molecular weight excluding hydrogens is 188 g/mol. The number of carbonyl (C=O) groups excluding carboxylic acids is 1. The lowest BCUT2D eigenvalue weighted by atomic mass is 10.3. The number of hydrogen-bond acceptors (Lipinski definition) is 2. The van der Waals surface area contributed by atoms with Gasteiger partial charge in [0.25, 0.3) is 0 Å². The molecule has 15 heavy (non-hydrogen) atoms. The van der Waals surface area contributed by atoms with Gasteiger partial charge in [-0.05, 0) is 38.8 Å². The second-order valence-electron chi connectivity index (χ2n) is 4.36. The topological polar surface area (TPSA) is 23.6 Å². The summed E-state index contributed by atoms with van der Waals surface area (Å²) in [5, 5.41) is 0. The minimum Gasteiger partial charge on any atom is -0.342 e. The minimum absolute atomic E-state index is 0.320. The lowest BCUT2D eigenvalue weighted by Crippen LogP contribution is -2.40. The highest BCUT2D eigenvalue weighted by Crippen LogP contribution is 2.07. The third-order valence-electron chi connectivity index (χ3n) is 2.90. The largest absolute Gasteiger partial charge is 0.342 e. The van der Waals surface area contributed by atoms with E-state index in [-0.39, 0.29) is 0 Å². The third-order valence-corrected chi connectivity index (χ3v) is 2.90. The second kappa shape index (κ2) is 6.83. The van der Waals surface area contributed by atoms with Crippen LogP contribution in [-0.4, -0.2) is 48.4 Å².